The molecule has 0 saturated carbocycles. The Morgan fingerprint density at radius 2 is 1.49 bits per heavy atom. The van der Waals surface area contributed by atoms with Gasteiger partial charge in [0.2, 0.25) is 23.6 Å². The van der Waals surface area contributed by atoms with Crippen LogP contribution in [0.25, 0.3) is 0 Å². The molecule has 0 bridgehead atoms. The third-order valence-electron chi connectivity index (χ3n) is 6.80. The number of hydrogen-bond donors (Lipinski definition) is 9. The van der Waals surface area contributed by atoms with Crippen LogP contribution in [0.5, 0.6) is 0 Å². The second-order valence-corrected chi connectivity index (χ2v) is 9.97. The van der Waals surface area contributed by atoms with Crippen LogP contribution in [0.4, 0.5) is 0 Å². The average molecular weight is 582 g/mol. The fourth-order valence-corrected chi connectivity index (χ4v) is 4.71. The predicted octanol–water partition coefficient (Wildman–Crippen LogP) is -3.99. The molecule has 2 saturated heterocycles. The van der Waals surface area contributed by atoms with Crippen molar-refractivity contribution in [2.75, 3.05) is 32.7 Å². The molecule has 2 heterocycles. The first kappa shape index (κ1) is 33.1. The number of guanidine groups is 2. The lowest BCUT2D eigenvalue weighted by Crippen LogP contribution is -2.54. The van der Waals surface area contributed by atoms with Crippen molar-refractivity contribution in [2.45, 2.75) is 75.5 Å². The molecule has 2 aliphatic heterocycles. The Morgan fingerprint density at radius 1 is 0.878 bits per heavy atom. The molecule has 0 aromatic rings. The summed E-state index contributed by atoms with van der Waals surface area (Å²) in [6.45, 7) is 1.07. The lowest BCUT2D eigenvalue weighted by atomic mass is 10.1. The SMILES string of the molecule is NC(N)=NCCC[C@H](NC(=O)[C@@H]1CCCN1C(=O)CNC(=O)[C@H](CCCN=C(N)N)NC(=O)[C@@H]1CCCN1)C(=O)O. The fraction of sp³-hybridized carbons (Fsp3) is 0.708. The van der Waals surface area contributed by atoms with Gasteiger partial charge >= 0.3 is 5.97 Å². The Bertz CT molecular complexity index is 991. The van der Waals surface area contributed by atoms with Crippen molar-refractivity contribution in [1.29, 1.82) is 0 Å². The molecule has 0 aromatic carbocycles. The molecule has 0 spiro atoms. The number of hydrogen-bond acceptors (Lipinski definition) is 8. The van der Waals surface area contributed by atoms with Gasteiger partial charge in [-0.3, -0.25) is 29.2 Å². The zero-order valence-electron chi connectivity index (χ0n) is 23.1. The Hall–Kier alpha value is -4.15. The van der Waals surface area contributed by atoms with Crippen LogP contribution in [0.2, 0.25) is 0 Å². The van der Waals surface area contributed by atoms with Crippen LogP contribution in [0.3, 0.4) is 0 Å². The quantitative estimate of drug-likeness (QED) is 0.0481. The summed E-state index contributed by atoms with van der Waals surface area (Å²) in [7, 11) is 0. The number of likely N-dealkylation sites (tertiary alicyclic amines) is 1. The zero-order chi connectivity index (χ0) is 30.4. The van der Waals surface area contributed by atoms with Crippen molar-refractivity contribution < 1.29 is 29.1 Å². The minimum absolute atomic E-state index is 0.0828. The molecule has 17 nitrogen and oxygen atoms in total. The van der Waals surface area contributed by atoms with E-state index in [2.05, 4.69) is 31.3 Å². The van der Waals surface area contributed by atoms with Crippen molar-refractivity contribution >= 4 is 41.5 Å². The fourth-order valence-electron chi connectivity index (χ4n) is 4.71. The lowest BCUT2D eigenvalue weighted by Gasteiger charge is -2.26. The number of aliphatic carboxylic acids is 1. The molecule has 13 N–H and O–H groups in total. The molecule has 17 heteroatoms. The number of carbonyl (C=O) groups is 5. The third-order valence-corrected chi connectivity index (χ3v) is 6.80. The van der Waals surface area contributed by atoms with E-state index in [1.165, 1.54) is 4.90 Å². The van der Waals surface area contributed by atoms with Crippen molar-refractivity contribution in [3.05, 3.63) is 0 Å². The molecule has 0 aromatic heterocycles. The maximum Gasteiger partial charge on any atom is 0.326 e. The van der Waals surface area contributed by atoms with E-state index in [1.54, 1.807) is 0 Å². The van der Waals surface area contributed by atoms with Crippen LogP contribution in [-0.4, -0.2) is 108 Å². The number of aliphatic imine (C=N–C) groups is 2. The van der Waals surface area contributed by atoms with E-state index < -0.39 is 54.4 Å². The smallest absolute Gasteiger partial charge is 0.326 e. The van der Waals surface area contributed by atoms with Crippen LogP contribution in [-0.2, 0) is 24.0 Å². The Kier molecular flexibility index (Phi) is 13.6. The topological polar surface area (TPSA) is 286 Å². The number of nitrogens with two attached hydrogens (primary N) is 4. The van der Waals surface area contributed by atoms with Crippen LogP contribution in [0.1, 0.15) is 51.4 Å². The van der Waals surface area contributed by atoms with E-state index in [1.807, 2.05) is 0 Å². The molecule has 2 fully saturated rings. The molecule has 4 amide bonds. The summed E-state index contributed by atoms with van der Waals surface area (Å²) in [5.41, 5.74) is 21.2. The second kappa shape index (κ2) is 16.8. The van der Waals surface area contributed by atoms with E-state index in [0.717, 1.165) is 6.42 Å². The Balaban J connectivity index is 1.94. The van der Waals surface area contributed by atoms with E-state index in [4.69, 9.17) is 22.9 Å². The van der Waals surface area contributed by atoms with E-state index >= 15 is 0 Å². The van der Waals surface area contributed by atoms with E-state index in [0.29, 0.717) is 38.6 Å². The molecule has 0 aliphatic carbocycles. The molecule has 0 radical (unpaired) electrons. The van der Waals surface area contributed by atoms with Gasteiger partial charge in [0, 0.05) is 19.6 Å². The highest BCUT2D eigenvalue weighted by Gasteiger charge is 2.36. The average Bonchev–Trinajstić information content (AvgIpc) is 3.63. The number of carbonyl (C=O) groups excluding carboxylic acids is 4. The van der Waals surface area contributed by atoms with Gasteiger partial charge in [0.25, 0.3) is 0 Å². The largest absolute Gasteiger partial charge is 0.480 e. The van der Waals surface area contributed by atoms with Crippen molar-refractivity contribution in [3.8, 4) is 0 Å². The Labute approximate surface area is 238 Å². The minimum atomic E-state index is -1.22. The highest BCUT2D eigenvalue weighted by molar-refractivity contribution is 5.94. The van der Waals surface area contributed by atoms with Gasteiger partial charge in [-0.1, -0.05) is 0 Å². The van der Waals surface area contributed by atoms with Gasteiger partial charge in [-0.15, -0.1) is 0 Å². The lowest BCUT2D eigenvalue weighted by molar-refractivity contribution is -0.144. The molecular formula is C24H43N11O6. The first-order valence-electron chi connectivity index (χ1n) is 13.7. The number of nitrogens with zero attached hydrogens (tertiary/aromatic N) is 3. The van der Waals surface area contributed by atoms with Crippen molar-refractivity contribution in [1.82, 2.24) is 26.2 Å². The number of rotatable bonds is 16. The van der Waals surface area contributed by atoms with Gasteiger partial charge in [0.1, 0.15) is 18.1 Å². The van der Waals surface area contributed by atoms with Gasteiger partial charge in [-0.2, -0.15) is 0 Å². The van der Waals surface area contributed by atoms with Crippen molar-refractivity contribution in [2.24, 2.45) is 32.9 Å². The minimum Gasteiger partial charge on any atom is -0.480 e. The number of carboxylic acids is 1. The summed E-state index contributed by atoms with van der Waals surface area (Å²) in [5.74, 6) is -3.37. The summed E-state index contributed by atoms with van der Waals surface area (Å²) in [5, 5.41) is 20.4. The van der Waals surface area contributed by atoms with Gasteiger partial charge in [0.15, 0.2) is 11.9 Å². The van der Waals surface area contributed by atoms with E-state index in [9.17, 15) is 29.1 Å². The molecular weight excluding hydrogens is 538 g/mol. The summed E-state index contributed by atoms with van der Waals surface area (Å²) in [6, 6.07) is -3.36. The third kappa shape index (κ3) is 11.5. The number of carboxylic acid groups (broad SMARTS) is 1. The van der Waals surface area contributed by atoms with Crippen molar-refractivity contribution in [3.63, 3.8) is 0 Å². The highest BCUT2D eigenvalue weighted by Crippen LogP contribution is 2.18. The molecule has 41 heavy (non-hydrogen) atoms. The molecule has 2 rings (SSSR count). The maximum absolute atomic E-state index is 13.0. The number of amides is 4. The first-order valence-corrected chi connectivity index (χ1v) is 13.7. The second-order valence-electron chi connectivity index (χ2n) is 9.97. The summed E-state index contributed by atoms with van der Waals surface area (Å²) >= 11 is 0. The summed E-state index contributed by atoms with van der Waals surface area (Å²) in [6.07, 6.45) is 3.47. The van der Waals surface area contributed by atoms with Crippen LogP contribution < -0.4 is 44.2 Å². The molecule has 230 valence electrons. The predicted molar refractivity (Wildman–Crippen MR) is 150 cm³/mol. The standard InChI is InChI=1S/C24H43N11O6/c25-23(26)30-10-2-6-15(33-20(38)14-5-1-9-29-14)19(37)32-13-18(36)35-12-4-8-17(35)21(39)34-16(22(40)41)7-3-11-31-24(27)28/h14-17,29H,1-13H2,(H,32,37)(H,33,38)(H,34,39)(H,40,41)(H4,25,26,30)(H4,27,28,31)/t14-,15-,16-,17-/m0/s1. The normalized spacial score (nSPS) is 19.5. The molecule has 2 aliphatic rings. The Morgan fingerprint density at radius 3 is 2.05 bits per heavy atom. The van der Waals surface area contributed by atoms with Crippen LogP contribution in [0.15, 0.2) is 9.98 Å². The zero-order valence-corrected chi connectivity index (χ0v) is 23.1. The highest BCUT2D eigenvalue weighted by atomic mass is 16.4. The number of nitrogens with one attached hydrogen (secondary N) is 4. The monoisotopic (exact) mass is 581 g/mol. The summed E-state index contributed by atoms with van der Waals surface area (Å²) in [4.78, 5) is 72.1. The van der Waals surface area contributed by atoms with Crippen LogP contribution in [0, 0.1) is 0 Å². The van der Waals surface area contributed by atoms with Gasteiger partial charge < -0.3 is 54.2 Å². The first-order chi connectivity index (χ1) is 19.5. The molecule has 4 atom stereocenters. The van der Waals surface area contributed by atoms with Gasteiger partial charge in [0.05, 0.1) is 12.6 Å². The van der Waals surface area contributed by atoms with Gasteiger partial charge in [-0.25, -0.2) is 4.79 Å². The maximum atomic E-state index is 13.0. The van der Waals surface area contributed by atoms with Gasteiger partial charge in [-0.05, 0) is 57.9 Å². The summed E-state index contributed by atoms with van der Waals surface area (Å²) < 4.78 is 0. The molecule has 0 unspecified atom stereocenters. The van der Waals surface area contributed by atoms with E-state index in [-0.39, 0.29) is 50.3 Å². The van der Waals surface area contributed by atoms with Crippen LogP contribution >= 0.6 is 0 Å².